The van der Waals surface area contributed by atoms with E-state index >= 15 is 0 Å². The Hall–Kier alpha value is -1.43. The van der Waals surface area contributed by atoms with Gasteiger partial charge < -0.3 is 4.74 Å². The van der Waals surface area contributed by atoms with Crippen LogP contribution in [0.15, 0.2) is 47.1 Å². The van der Waals surface area contributed by atoms with Gasteiger partial charge in [-0.1, -0.05) is 18.2 Å². The molecule has 0 saturated heterocycles. The summed E-state index contributed by atoms with van der Waals surface area (Å²) in [5.41, 5.74) is 4.57. The average Bonchev–Trinajstić information content (AvgIpc) is 2.42. The maximum atomic E-state index is 5.64. The molecule has 94 valence electrons. The molecule has 1 aromatic carbocycles. The van der Waals surface area contributed by atoms with Crippen LogP contribution in [0.3, 0.4) is 0 Å². The van der Waals surface area contributed by atoms with E-state index in [4.69, 9.17) is 10.6 Å². The van der Waals surface area contributed by atoms with Gasteiger partial charge in [-0.25, -0.2) is 5.43 Å². The van der Waals surface area contributed by atoms with E-state index < -0.39 is 0 Å². The molecule has 0 spiro atoms. The molecule has 0 bridgehead atoms. The normalized spacial score (nSPS) is 12.2. The van der Waals surface area contributed by atoms with Crippen LogP contribution in [0.25, 0.3) is 0 Å². The van der Waals surface area contributed by atoms with Crippen molar-refractivity contribution in [2.75, 3.05) is 7.11 Å². The molecular formula is C13H14BrN3O. The van der Waals surface area contributed by atoms with Gasteiger partial charge in [-0.3, -0.25) is 10.8 Å². The fourth-order valence-electron chi connectivity index (χ4n) is 1.80. The zero-order valence-electron chi connectivity index (χ0n) is 9.93. The number of hydrazine groups is 1. The number of halogens is 1. The minimum absolute atomic E-state index is 0.200. The molecule has 1 unspecified atom stereocenters. The predicted octanol–water partition coefficient (Wildman–Crippen LogP) is 2.41. The fraction of sp³-hybridized carbons (Fsp3) is 0.154. The third-order valence-electron chi connectivity index (χ3n) is 2.66. The summed E-state index contributed by atoms with van der Waals surface area (Å²) in [7, 11) is 1.64. The highest BCUT2D eigenvalue weighted by molar-refractivity contribution is 9.10. The molecule has 18 heavy (non-hydrogen) atoms. The van der Waals surface area contributed by atoms with Crippen molar-refractivity contribution < 1.29 is 4.74 Å². The lowest BCUT2D eigenvalue weighted by atomic mass is 10.0. The Balaban J connectivity index is 2.41. The van der Waals surface area contributed by atoms with Crippen LogP contribution >= 0.6 is 15.9 Å². The van der Waals surface area contributed by atoms with Crippen molar-refractivity contribution >= 4 is 15.9 Å². The summed E-state index contributed by atoms with van der Waals surface area (Å²) in [6, 6.07) is 11.4. The van der Waals surface area contributed by atoms with Crippen LogP contribution in [0, 0.1) is 0 Å². The van der Waals surface area contributed by atoms with Gasteiger partial charge in [0.05, 0.1) is 18.8 Å². The number of nitrogens with one attached hydrogen (secondary N) is 1. The van der Waals surface area contributed by atoms with Crippen molar-refractivity contribution in [3.63, 3.8) is 0 Å². The Morgan fingerprint density at radius 1 is 1.28 bits per heavy atom. The Morgan fingerprint density at radius 2 is 2.06 bits per heavy atom. The highest BCUT2D eigenvalue weighted by atomic mass is 79.9. The molecule has 0 saturated carbocycles. The molecule has 0 aliphatic heterocycles. The average molecular weight is 308 g/mol. The lowest BCUT2D eigenvalue weighted by molar-refractivity contribution is 0.403. The van der Waals surface area contributed by atoms with Gasteiger partial charge in [0.2, 0.25) is 0 Å². The minimum Gasteiger partial charge on any atom is -0.496 e. The molecule has 0 radical (unpaired) electrons. The van der Waals surface area contributed by atoms with Crippen LogP contribution in [0.2, 0.25) is 0 Å². The SMILES string of the molecule is COc1ccccc1C(NN)c1ccc(Br)cn1. The van der Waals surface area contributed by atoms with Gasteiger partial charge in [0.15, 0.2) is 0 Å². The first-order valence-electron chi connectivity index (χ1n) is 5.46. The zero-order chi connectivity index (χ0) is 13.0. The number of para-hydroxylation sites is 1. The van der Waals surface area contributed by atoms with Crippen LogP contribution in [0.5, 0.6) is 5.75 Å². The smallest absolute Gasteiger partial charge is 0.124 e. The lowest BCUT2D eigenvalue weighted by Gasteiger charge is -2.18. The highest BCUT2D eigenvalue weighted by Crippen LogP contribution is 2.28. The number of nitrogens with two attached hydrogens (primary N) is 1. The van der Waals surface area contributed by atoms with Gasteiger partial charge in [-0.05, 0) is 34.1 Å². The number of hydrogen-bond acceptors (Lipinski definition) is 4. The van der Waals surface area contributed by atoms with E-state index in [0.717, 1.165) is 21.5 Å². The van der Waals surface area contributed by atoms with E-state index in [1.54, 1.807) is 13.3 Å². The van der Waals surface area contributed by atoms with Gasteiger partial charge in [-0.2, -0.15) is 0 Å². The number of benzene rings is 1. The van der Waals surface area contributed by atoms with Gasteiger partial charge in [0, 0.05) is 16.2 Å². The number of aromatic nitrogens is 1. The zero-order valence-corrected chi connectivity index (χ0v) is 11.5. The molecule has 3 N–H and O–H groups in total. The van der Waals surface area contributed by atoms with Crippen molar-refractivity contribution in [2.45, 2.75) is 6.04 Å². The molecule has 0 amide bonds. The topological polar surface area (TPSA) is 60.2 Å². The van der Waals surface area contributed by atoms with Gasteiger partial charge >= 0.3 is 0 Å². The van der Waals surface area contributed by atoms with Crippen LogP contribution < -0.4 is 16.0 Å². The van der Waals surface area contributed by atoms with Crippen LogP contribution in [-0.2, 0) is 0 Å². The van der Waals surface area contributed by atoms with E-state index in [1.807, 2.05) is 36.4 Å². The van der Waals surface area contributed by atoms with Crippen molar-refractivity contribution in [1.82, 2.24) is 10.4 Å². The Bertz CT molecular complexity index is 516. The second-order valence-corrected chi connectivity index (χ2v) is 4.66. The molecule has 0 aliphatic rings. The molecule has 0 aliphatic carbocycles. The second-order valence-electron chi connectivity index (χ2n) is 3.74. The number of methoxy groups -OCH3 is 1. The maximum absolute atomic E-state index is 5.64. The van der Waals surface area contributed by atoms with E-state index in [9.17, 15) is 0 Å². The van der Waals surface area contributed by atoms with Crippen LogP contribution in [0.1, 0.15) is 17.3 Å². The third-order valence-corrected chi connectivity index (χ3v) is 3.13. The van der Waals surface area contributed by atoms with Crippen molar-refractivity contribution in [3.8, 4) is 5.75 Å². The highest BCUT2D eigenvalue weighted by Gasteiger charge is 2.17. The first-order chi connectivity index (χ1) is 8.76. The maximum Gasteiger partial charge on any atom is 0.124 e. The summed E-state index contributed by atoms with van der Waals surface area (Å²) in [6.07, 6.45) is 1.75. The van der Waals surface area contributed by atoms with Crippen molar-refractivity contribution in [2.24, 2.45) is 5.84 Å². The first-order valence-corrected chi connectivity index (χ1v) is 6.26. The predicted molar refractivity (Wildman–Crippen MR) is 74.1 cm³/mol. The van der Waals surface area contributed by atoms with E-state index in [1.165, 1.54) is 0 Å². The Labute approximate surface area is 114 Å². The summed E-state index contributed by atoms with van der Waals surface area (Å²) >= 11 is 3.36. The molecule has 1 heterocycles. The molecule has 5 heteroatoms. The van der Waals surface area contributed by atoms with Crippen LogP contribution in [-0.4, -0.2) is 12.1 Å². The van der Waals surface area contributed by atoms with Gasteiger partial charge in [0.1, 0.15) is 5.75 Å². The second kappa shape index (κ2) is 5.95. The fourth-order valence-corrected chi connectivity index (χ4v) is 2.03. The minimum atomic E-state index is -0.200. The molecule has 0 fully saturated rings. The van der Waals surface area contributed by atoms with E-state index in [-0.39, 0.29) is 6.04 Å². The number of nitrogens with zero attached hydrogens (tertiary/aromatic N) is 1. The quantitative estimate of drug-likeness (QED) is 0.672. The largest absolute Gasteiger partial charge is 0.496 e. The Kier molecular flexibility index (Phi) is 4.30. The van der Waals surface area contributed by atoms with Crippen LogP contribution in [0.4, 0.5) is 0 Å². The summed E-state index contributed by atoms with van der Waals surface area (Å²) < 4.78 is 6.27. The van der Waals surface area contributed by atoms with Gasteiger partial charge in [-0.15, -0.1) is 0 Å². The summed E-state index contributed by atoms with van der Waals surface area (Å²) in [6.45, 7) is 0. The number of hydrogen-bond donors (Lipinski definition) is 2. The summed E-state index contributed by atoms with van der Waals surface area (Å²) in [4.78, 5) is 4.36. The molecular weight excluding hydrogens is 294 g/mol. The monoisotopic (exact) mass is 307 g/mol. The molecule has 2 aromatic rings. The summed E-state index contributed by atoms with van der Waals surface area (Å²) in [5, 5.41) is 0. The first kappa shape index (κ1) is 13.0. The van der Waals surface area contributed by atoms with E-state index in [0.29, 0.717) is 0 Å². The number of ether oxygens (including phenoxy) is 1. The molecule has 1 aromatic heterocycles. The lowest BCUT2D eigenvalue weighted by Crippen LogP contribution is -2.29. The number of pyridine rings is 1. The van der Waals surface area contributed by atoms with Gasteiger partial charge in [0.25, 0.3) is 0 Å². The molecule has 4 nitrogen and oxygen atoms in total. The Morgan fingerprint density at radius 3 is 2.67 bits per heavy atom. The van der Waals surface area contributed by atoms with Crippen molar-refractivity contribution in [1.29, 1.82) is 0 Å². The van der Waals surface area contributed by atoms with Crippen molar-refractivity contribution in [3.05, 3.63) is 58.3 Å². The standard InChI is InChI=1S/C13H14BrN3O/c1-18-12-5-3-2-4-10(12)13(17-15)11-7-6-9(14)8-16-11/h2-8,13,17H,15H2,1H3. The number of rotatable bonds is 4. The third kappa shape index (κ3) is 2.69. The molecule has 2 rings (SSSR count). The van der Waals surface area contributed by atoms with E-state index in [2.05, 4.69) is 26.3 Å². The summed E-state index contributed by atoms with van der Waals surface area (Å²) in [5.74, 6) is 6.42. The molecule has 1 atom stereocenters.